The van der Waals surface area contributed by atoms with Crippen LogP contribution in [0.2, 0.25) is 0 Å². The van der Waals surface area contributed by atoms with E-state index < -0.39 is 11.4 Å². The topological polar surface area (TPSA) is 68.9 Å². The van der Waals surface area contributed by atoms with Crippen LogP contribution in [0.1, 0.15) is 11.1 Å². The van der Waals surface area contributed by atoms with Crippen LogP contribution in [-0.2, 0) is 17.9 Å². The Bertz CT molecular complexity index is 1590. The number of pyridine rings is 1. The molecule has 0 aliphatic carbocycles. The number of hydrogen-bond acceptors (Lipinski definition) is 4. The zero-order chi connectivity index (χ0) is 24.5. The van der Waals surface area contributed by atoms with Crippen LogP contribution in [0, 0.1) is 12.7 Å². The van der Waals surface area contributed by atoms with Crippen LogP contribution in [0.25, 0.3) is 22.2 Å². The van der Waals surface area contributed by atoms with Gasteiger partial charge in [-0.15, -0.1) is 11.8 Å². The maximum atomic E-state index is 14.2. The van der Waals surface area contributed by atoms with Gasteiger partial charge in [0, 0.05) is 28.7 Å². The normalized spacial score (nSPS) is 11.3. The monoisotopic (exact) mass is 486 g/mol. The number of carbonyl (C=O) groups excluding carboxylic acids is 1. The van der Waals surface area contributed by atoms with Crippen LogP contribution in [0.15, 0.2) is 82.6 Å². The number of aromatic nitrogens is 3. The van der Waals surface area contributed by atoms with E-state index in [9.17, 15) is 14.0 Å². The molecule has 1 N–H and O–H groups in total. The largest absolute Gasteiger partial charge is 0.342 e. The van der Waals surface area contributed by atoms with Gasteiger partial charge in [0.2, 0.25) is 5.91 Å². The number of halogens is 1. The Hall–Kier alpha value is -3.91. The number of rotatable bonds is 6. The number of anilines is 1. The number of fused-ring (bicyclic) bond motifs is 3. The summed E-state index contributed by atoms with van der Waals surface area (Å²) in [5, 5.41) is 7.76. The molecule has 0 fully saturated rings. The molecule has 2 aliphatic rings. The van der Waals surface area contributed by atoms with E-state index in [1.807, 2.05) is 54.1 Å². The fourth-order valence-electron chi connectivity index (χ4n) is 4.23. The van der Waals surface area contributed by atoms with Crippen LogP contribution in [0.4, 0.5) is 10.1 Å². The highest BCUT2D eigenvalue weighted by molar-refractivity contribution is 7.98. The minimum Gasteiger partial charge on any atom is -0.342 e. The standard InChI is InChI=1S/C27H23FN4O2S/c1-17-5-3-6-18(11-17)14-31-15-23-26(22-12-19(28)9-10-24(22)31)30-32(27(23)34)16-25(33)29-20-7-4-8-21(13-20)35-2/h3-13,15H,14,16H2,1-2H3,(H,29,33). The molecule has 0 unspecified atom stereocenters. The number of nitrogens with zero attached hydrogens (tertiary/aromatic N) is 3. The van der Waals surface area contributed by atoms with E-state index in [2.05, 4.69) is 16.5 Å². The van der Waals surface area contributed by atoms with Crippen molar-refractivity contribution in [3.63, 3.8) is 0 Å². The molecule has 35 heavy (non-hydrogen) atoms. The lowest BCUT2D eigenvalue weighted by atomic mass is 10.1. The molecule has 1 amide bonds. The van der Waals surface area contributed by atoms with E-state index >= 15 is 0 Å². The minimum atomic E-state index is -0.416. The summed E-state index contributed by atoms with van der Waals surface area (Å²) in [7, 11) is 0. The molecule has 0 spiro atoms. The van der Waals surface area contributed by atoms with Crippen molar-refractivity contribution in [2.75, 3.05) is 11.6 Å². The highest BCUT2D eigenvalue weighted by atomic mass is 32.2. The van der Waals surface area contributed by atoms with Gasteiger partial charge in [-0.2, -0.15) is 5.10 Å². The SMILES string of the molecule is CSc1cccc(NC(=O)Cn2nc3c4cc(F)ccc4n(Cc4cccc(C)c4)cc-3c2=O)c1. The van der Waals surface area contributed by atoms with Gasteiger partial charge in [-0.25, -0.2) is 9.07 Å². The summed E-state index contributed by atoms with van der Waals surface area (Å²) < 4.78 is 17.3. The highest BCUT2D eigenvalue weighted by Gasteiger charge is 2.22. The van der Waals surface area contributed by atoms with Gasteiger partial charge >= 0.3 is 0 Å². The fourth-order valence-corrected chi connectivity index (χ4v) is 4.69. The van der Waals surface area contributed by atoms with Gasteiger partial charge in [0.15, 0.2) is 0 Å². The van der Waals surface area contributed by atoms with E-state index in [1.54, 1.807) is 30.1 Å². The predicted octanol–water partition coefficient (Wildman–Crippen LogP) is 5.16. The number of aryl methyl sites for hydroxylation is 1. The summed E-state index contributed by atoms with van der Waals surface area (Å²) in [6.45, 7) is 2.29. The van der Waals surface area contributed by atoms with Gasteiger partial charge in [0.25, 0.3) is 5.56 Å². The van der Waals surface area contributed by atoms with E-state index in [0.29, 0.717) is 28.9 Å². The van der Waals surface area contributed by atoms with Crippen molar-refractivity contribution in [1.29, 1.82) is 0 Å². The first-order chi connectivity index (χ1) is 16.9. The lowest BCUT2D eigenvalue weighted by Gasteiger charge is -2.14. The lowest BCUT2D eigenvalue weighted by molar-refractivity contribution is -0.116. The Morgan fingerprint density at radius 3 is 2.71 bits per heavy atom. The molecule has 0 atom stereocenters. The number of thioether (sulfide) groups is 1. The maximum absolute atomic E-state index is 14.2. The molecule has 0 saturated heterocycles. The Balaban J connectivity index is 1.53. The number of benzene rings is 3. The first kappa shape index (κ1) is 22.9. The number of carbonyl (C=O) groups is 1. The van der Waals surface area contributed by atoms with E-state index in [1.165, 1.54) is 12.1 Å². The first-order valence-electron chi connectivity index (χ1n) is 11.1. The fraction of sp³-hybridized carbons (Fsp3) is 0.148. The molecule has 0 radical (unpaired) electrons. The third kappa shape index (κ3) is 4.70. The third-order valence-electron chi connectivity index (χ3n) is 5.83. The average Bonchev–Trinajstić information content (AvgIpc) is 3.14. The first-order valence-corrected chi connectivity index (χ1v) is 12.3. The summed E-state index contributed by atoms with van der Waals surface area (Å²) in [6.07, 6.45) is 3.70. The zero-order valence-corrected chi connectivity index (χ0v) is 20.1. The van der Waals surface area contributed by atoms with Crippen molar-refractivity contribution in [1.82, 2.24) is 14.3 Å². The number of hydrogen-bond donors (Lipinski definition) is 1. The Morgan fingerprint density at radius 2 is 1.91 bits per heavy atom. The van der Waals surface area contributed by atoms with Crippen LogP contribution in [0.5, 0.6) is 0 Å². The lowest BCUT2D eigenvalue weighted by Crippen LogP contribution is -2.26. The summed E-state index contributed by atoms with van der Waals surface area (Å²) in [5.41, 5.74) is 3.92. The average molecular weight is 487 g/mol. The predicted molar refractivity (Wildman–Crippen MR) is 138 cm³/mol. The summed E-state index contributed by atoms with van der Waals surface area (Å²) >= 11 is 1.57. The van der Waals surface area contributed by atoms with Crippen LogP contribution in [0.3, 0.4) is 0 Å². The Morgan fingerprint density at radius 1 is 1.09 bits per heavy atom. The van der Waals surface area contributed by atoms with Gasteiger partial charge in [0.05, 0.1) is 11.1 Å². The van der Waals surface area contributed by atoms with Crippen LogP contribution < -0.4 is 10.9 Å². The molecule has 8 heteroatoms. The molecule has 0 aromatic heterocycles. The quantitative estimate of drug-likeness (QED) is 0.337. The molecule has 176 valence electrons. The van der Waals surface area contributed by atoms with E-state index in [4.69, 9.17) is 0 Å². The second-order valence-electron chi connectivity index (χ2n) is 8.41. The molecule has 0 saturated carbocycles. The number of amides is 1. The minimum absolute atomic E-state index is 0.244. The second-order valence-corrected chi connectivity index (χ2v) is 9.29. The molecule has 2 heterocycles. The maximum Gasteiger partial charge on any atom is 0.278 e. The molecule has 5 rings (SSSR count). The summed E-state index contributed by atoms with van der Waals surface area (Å²) in [4.78, 5) is 26.9. The molecule has 2 aliphatic heterocycles. The smallest absolute Gasteiger partial charge is 0.278 e. The third-order valence-corrected chi connectivity index (χ3v) is 6.56. The van der Waals surface area contributed by atoms with Crippen molar-refractivity contribution in [3.05, 3.63) is 100 Å². The summed E-state index contributed by atoms with van der Waals surface area (Å²) in [6, 6.07) is 20.0. The molecule has 3 aromatic carbocycles. The highest BCUT2D eigenvalue weighted by Crippen LogP contribution is 2.29. The molecule has 6 nitrogen and oxygen atoms in total. The van der Waals surface area contributed by atoms with Gasteiger partial charge in [0.1, 0.15) is 18.1 Å². The van der Waals surface area contributed by atoms with E-state index in [0.717, 1.165) is 26.2 Å². The van der Waals surface area contributed by atoms with Crippen molar-refractivity contribution in [2.45, 2.75) is 24.9 Å². The van der Waals surface area contributed by atoms with Crippen molar-refractivity contribution in [2.24, 2.45) is 0 Å². The van der Waals surface area contributed by atoms with Crippen LogP contribution in [-0.4, -0.2) is 26.5 Å². The zero-order valence-electron chi connectivity index (χ0n) is 19.3. The van der Waals surface area contributed by atoms with Crippen LogP contribution >= 0.6 is 11.8 Å². The second kappa shape index (κ2) is 9.38. The molecule has 0 bridgehead atoms. The van der Waals surface area contributed by atoms with Crippen molar-refractivity contribution >= 4 is 34.3 Å². The van der Waals surface area contributed by atoms with Gasteiger partial charge in [-0.1, -0.05) is 35.9 Å². The number of nitrogens with one attached hydrogen (secondary N) is 1. The Labute approximate surface area is 205 Å². The Kier molecular flexibility index (Phi) is 6.13. The summed E-state index contributed by atoms with van der Waals surface area (Å²) in [5.74, 6) is -0.781. The van der Waals surface area contributed by atoms with Gasteiger partial charge < -0.3 is 9.88 Å². The van der Waals surface area contributed by atoms with Gasteiger partial charge in [-0.05, 0) is 55.1 Å². The molecule has 3 aromatic rings. The molecular weight excluding hydrogens is 463 g/mol. The molecular formula is C27H23FN4O2S. The van der Waals surface area contributed by atoms with Crippen molar-refractivity contribution in [3.8, 4) is 11.3 Å². The van der Waals surface area contributed by atoms with E-state index in [-0.39, 0.29) is 12.5 Å². The van der Waals surface area contributed by atoms with Gasteiger partial charge in [-0.3, -0.25) is 9.59 Å². The van der Waals surface area contributed by atoms with Crippen molar-refractivity contribution < 1.29 is 9.18 Å².